The standard InChI is InChI=1S/C21H27FN4O2/c1-16(14-28-15-17-7-4-3-5-8-17)12-24-21(23-2)25-13-20(27)26-19-10-6-9-18(22)11-19/h3-11,16H,12-15H2,1-2H3,(H,26,27)(H2,23,24,25). The summed E-state index contributed by atoms with van der Waals surface area (Å²) in [5.74, 6) is 0.104. The number of ether oxygens (including phenoxy) is 1. The zero-order chi connectivity index (χ0) is 20.2. The van der Waals surface area contributed by atoms with E-state index in [4.69, 9.17) is 4.74 Å². The maximum atomic E-state index is 13.1. The molecule has 7 heteroatoms. The van der Waals surface area contributed by atoms with Gasteiger partial charge in [-0.3, -0.25) is 9.79 Å². The van der Waals surface area contributed by atoms with E-state index in [1.807, 2.05) is 30.3 Å². The first-order valence-corrected chi connectivity index (χ1v) is 9.18. The van der Waals surface area contributed by atoms with E-state index in [1.165, 1.54) is 12.1 Å². The lowest BCUT2D eigenvalue weighted by Crippen LogP contribution is -2.43. The van der Waals surface area contributed by atoms with Gasteiger partial charge in [-0.2, -0.15) is 0 Å². The Morgan fingerprint density at radius 2 is 1.93 bits per heavy atom. The smallest absolute Gasteiger partial charge is 0.243 e. The van der Waals surface area contributed by atoms with Crippen LogP contribution in [0.1, 0.15) is 12.5 Å². The Hall–Kier alpha value is -2.93. The van der Waals surface area contributed by atoms with Gasteiger partial charge < -0.3 is 20.7 Å². The van der Waals surface area contributed by atoms with Crippen molar-refractivity contribution in [1.29, 1.82) is 0 Å². The van der Waals surface area contributed by atoms with Crippen LogP contribution in [0.25, 0.3) is 0 Å². The molecule has 2 rings (SSSR count). The molecule has 0 heterocycles. The van der Waals surface area contributed by atoms with Gasteiger partial charge in [0.15, 0.2) is 5.96 Å². The maximum Gasteiger partial charge on any atom is 0.243 e. The lowest BCUT2D eigenvalue weighted by Gasteiger charge is -2.16. The SMILES string of the molecule is CN=C(NCC(=O)Nc1cccc(F)c1)NCC(C)COCc1ccccc1. The summed E-state index contributed by atoms with van der Waals surface area (Å²) in [6.45, 7) is 3.94. The number of aliphatic imine (C=N–C) groups is 1. The molecular formula is C21H27FN4O2. The number of benzene rings is 2. The van der Waals surface area contributed by atoms with E-state index in [0.29, 0.717) is 31.4 Å². The summed E-state index contributed by atoms with van der Waals surface area (Å²) in [6, 6.07) is 15.8. The second kappa shape index (κ2) is 11.7. The van der Waals surface area contributed by atoms with Crippen LogP contribution in [-0.4, -0.2) is 38.6 Å². The molecule has 3 N–H and O–H groups in total. The van der Waals surface area contributed by atoms with E-state index < -0.39 is 5.82 Å². The van der Waals surface area contributed by atoms with Crippen molar-refractivity contribution >= 4 is 17.6 Å². The first-order chi connectivity index (χ1) is 13.6. The highest BCUT2D eigenvalue weighted by molar-refractivity contribution is 5.94. The Morgan fingerprint density at radius 1 is 1.14 bits per heavy atom. The van der Waals surface area contributed by atoms with Gasteiger partial charge in [0.2, 0.25) is 5.91 Å². The van der Waals surface area contributed by atoms with Gasteiger partial charge in [0.25, 0.3) is 0 Å². The highest BCUT2D eigenvalue weighted by Gasteiger charge is 2.07. The predicted octanol–water partition coefficient (Wildman–Crippen LogP) is 2.78. The fourth-order valence-corrected chi connectivity index (χ4v) is 2.44. The van der Waals surface area contributed by atoms with E-state index >= 15 is 0 Å². The van der Waals surface area contributed by atoms with Crippen molar-refractivity contribution in [3.63, 3.8) is 0 Å². The highest BCUT2D eigenvalue weighted by Crippen LogP contribution is 2.08. The number of amides is 1. The van der Waals surface area contributed by atoms with Crippen LogP contribution in [0.4, 0.5) is 10.1 Å². The minimum absolute atomic E-state index is 0.0229. The van der Waals surface area contributed by atoms with Crippen molar-refractivity contribution in [2.24, 2.45) is 10.9 Å². The van der Waals surface area contributed by atoms with Crippen molar-refractivity contribution in [2.75, 3.05) is 32.1 Å². The molecule has 0 saturated heterocycles. The molecule has 0 aliphatic rings. The summed E-state index contributed by atoms with van der Waals surface area (Å²) >= 11 is 0. The largest absolute Gasteiger partial charge is 0.376 e. The average Bonchev–Trinajstić information content (AvgIpc) is 2.69. The van der Waals surface area contributed by atoms with Gasteiger partial charge in [0, 0.05) is 19.3 Å². The third-order valence-electron chi connectivity index (χ3n) is 3.88. The van der Waals surface area contributed by atoms with Crippen molar-refractivity contribution in [3.8, 4) is 0 Å². The van der Waals surface area contributed by atoms with Gasteiger partial charge >= 0.3 is 0 Å². The molecule has 6 nitrogen and oxygen atoms in total. The fourth-order valence-electron chi connectivity index (χ4n) is 2.44. The summed E-state index contributed by atoms with van der Waals surface area (Å²) in [5, 5.41) is 8.73. The average molecular weight is 386 g/mol. The quantitative estimate of drug-likeness (QED) is 0.458. The van der Waals surface area contributed by atoms with Crippen molar-refractivity contribution < 1.29 is 13.9 Å². The van der Waals surface area contributed by atoms with E-state index in [1.54, 1.807) is 19.2 Å². The number of hydrogen-bond donors (Lipinski definition) is 3. The second-order valence-electron chi connectivity index (χ2n) is 6.47. The zero-order valence-electron chi connectivity index (χ0n) is 16.2. The van der Waals surface area contributed by atoms with Crippen molar-refractivity contribution in [3.05, 3.63) is 66.0 Å². The third kappa shape index (κ3) is 8.18. The minimum atomic E-state index is -0.397. The van der Waals surface area contributed by atoms with Crippen LogP contribution in [-0.2, 0) is 16.1 Å². The normalized spacial score (nSPS) is 12.3. The number of carbonyl (C=O) groups is 1. The molecule has 28 heavy (non-hydrogen) atoms. The molecule has 0 saturated carbocycles. The van der Waals surface area contributed by atoms with Crippen molar-refractivity contribution in [1.82, 2.24) is 10.6 Å². The summed E-state index contributed by atoms with van der Waals surface area (Å²) in [5.41, 5.74) is 1.56. The molecule has 1 atom stereocenters. The molecule has 0 aromatic heterocycles. The van der Waals surface area contributed by atoms with Crippen LogP contribution < -0.4 is 16.0 Å². The van der Waals surface area contributed by atoms with Crippen LogP contribution >= 0.6 is 0 Å². The zero-order valence-corrected chi connectivity index (χ0v) is 16.2. The van der Waals surface area contributed by atoms with Gasteiger partial charge in [-0.25, -0.2) is 4.39 Å². The van der Waals surface area contributed by atoms with E-state index in [-0.39, 0.29) is 18.4 Å². The maximum absolute atomic E-state index is 13.1. The molecule has 0 fully saturated rings. The number of halogens is 1. The monoisotopic (exact) mass is 386 g/mol. The second-order valence-corrected chi connectivity index (χ2v) is 6.47. The first kappa shape index (κ1) is 21.4. The Morgan fingerprint density at radius 3 is 2.64 bits per heavy atom. The Labute approximate surface area is 165 Å². The number of guanidine groups is 1. The van der Waals surface area contributed by atoms with Gasteiger partial charge in [-0.1, -0.05) is 43.3 Å². The number of anilines is 1. The summed E-state index contributed by atoms with van der Waals surface area (Å²) in [7, 11) is 1.64. The summed E-state index contributed by atoms with van der Waals surface area (Å²) in [4.78, 5) is 16.1. The number of hydrogen-bond acceptors (Lipinski definition) is 3. The Balaban J connectivity index is 1.64. The van der Waals surface area contributed by atoms with Crippen LogP contribution in [0, 0.1) is 11.7 Å². The first-order valence-electron chi connectivity index (χ1n) is 9.18. The fraction of sp³-hybridized carbons (Fsp3) is 0.333. The van der Waals surface area contributed by atoms with Crippen LogP contribution in [0.15, 0.2) is 59.6 Å². The van der Waals surface area contributed by atoms with Gasteiger partial charge in [0.1, 0.15) is 5.82 Å². The predicted molar refractivity (Wildman–Crippen MR) is 110 cm³/mol. The number of rotatable bonds is 9. The Kier molecular flexibility index (Phi) is 8.94. The number of nitrogens with zero attached hydrogens (tertiary/aromatic N) is 1. The molecule has 0 radical (unpaired) electrons. The van der Waals surface area contributed by atoms with Crippen LogP contribution in [0.2, 0.25) is 0 Å². The summed E-state index contributed by atoms with van der Waals surface area (Å²) in [6.07, 6.45) is 0. The molecule has 2 aromatic rings. The topological polar surface area (TPSA) is 74.8 Å². The molecule has 0 aliphatic heterocycles. The van der Waals surface area contributed by atoms with E-state index in [0.717, 1.165) is 5.56 Å². The lowest BCUT2D eigenvalue weighted by atomic mass is 10.2. The molecule has 1 unspecified atom stereocenters. The van der Waals surface area contributed by atoms with Crippen LogP contribution in [0.3, 0.4) is 0 Å². The van der Waals surface area contributed by atoms with Gasteiger partial charge in [-0.05, 0) is 29.7 Å². The summed E-state index contributed by atoms with van der Waals surface area (Å²) < 4.78 is 18.9. The molecule has 2 aromatic carbocycles. The van der Waals surface area contributed by atoms with Crippen LogP contribution in [0.5, 0.6) is 0 Å². The van der Waals surface area contributed by atoms with Gasteiger partial charge in [-0.15, -0.1) is 0 Å². The molecule has 1 amide bonds. The lowest BCUT2D eigenvalue weighted by molar-refractivity contribution is -0.115. The van der Waals surface area contributed by atoms with E-state index in [9.17, 15) is 9.18 Å². The molecule has 150 valence electrons. The number of nitrogens with one attached hydrogen (secondary N) is 3. The third-order valence-corrected chi connectivity index (χ3v) is 3.88. The van der Waals surface area contributed by atoms with Crippen molar-refractivity contribution in [2.45, 2.75) is 13.5 Å². The molecule has 0 aliphatic carbocycles. The Bertz CT molecular complexity index is 768. The van der Waals surface area contributed by atoms with E-state index in [2.05, 4.69) is 27.9 Å². The highest BCUT2D eigenvalue weighted by atomic mass is 19.1. The van der Waals surface area contributed by atoms with Gasteiger partial charge in [0.05, 0.1) is 19.8 Å². The molecule has 0 spiro atoms. The molecule has 0 bridgehead atoms. The molecular weight excluding hydrogens is 359 g/mol. The number of carbonyl (C=O) groups excluding carboxylic acids is 1. The minimum Gasteiger partial charge on any atom is -0.376 e.